The molecule has 1 N–H and O–H groups in total. The number of aliphatic carboxylic acids is 1. The molecule has 2 heterocycles. The van der Waals surface area contributed by atoms with Crippen LogP contribution >= 0.6 is 33.9 Å². The van der Waals surface area contributed by atoms with Gasteiger partial charge in [0.2, 0.25) is 11.8 Å². The van der Waals surface area contributed by atoms with E-state index in [1.54, 1.807) is 11.3 Å². The van der Waals surface area contributed by atoms with Crippen LogP contribution in [-0.4, -0.2) is 21.3 Å². The number of hydrogen-bond acceptors (Lipinski definition) is 5. The Morgan fingerprint density at radius 3 is 2.84 bits per heavy atom. The van der Waals surface area contributed by atoms with Crippen LogP contribution in [0.15, 0.2) is 15.9 Å². The fourth-order valence-corrected chi connectivity index (χ4v) is 3.07. The summed E-state index contributed by atoms with van der Waals surface area (Å²) in [6.45, 7) is 3.75. The minimum Gasteiger partial charge on any atom is -0.481 e. The van der Waals surface area contributed by atoms with Crippen molar-refractivity contribution in [3.05, 3.63) is 20.2 Å². The molecule has 19 heavy (non-hydrogen) atoms. The molecule has 2 rings (SSSR count). The SMILES string of the molecule is CC(C)(CC(=O)O)Cc1nnc(-c2csc(I)c2)o1. The highest BCUT2D eigenvalue weighted by molar-refractivity contribution is 14.1. The molecular weight excluding hydrogens is 379 g/mol. The van der Waals surface area contributed by atoms with Crippen LogP contribution < -0.4 is 0 Å². The molecule has 0 spiro atoms. The molecule has 0 saturated carbocycles. The first-order valence-corrected chi connectivity index (χ1v) is 7.60. The third-order valence-corrected chi connectivity index (χ3v) is 4.33. The van der Waals surface area contributed by atoms with Crippen molar-refractivity contribution in [3.8, 4) is 11.5 Å². The van der Waals surface area contributed by atoms with Gasteiger partial charge in [-0.15, -0.1) is 21.5 Å². The molecular formula is C12H13IN2O3S. The van der Waals surface area contributed by atoms with Crippen molar-refractivity contribution >= 4 is 39.9 Å². The van der Waals surface area contributed by atoms with Gasteiger partial charge < -0.3 is 9.52 Å². The Morgan fingerprint density at radius 1 is 1.53 bits per heavy atom. The van der Waals surface area contributed by atoms with Crippen LogP contribution in [0.2, 0.25) is 0 Å². The van der Waals surface area contributed by atoms with Crippen LogP contribution in [0, 0.1) is 8.30 Å². The molecule has 0 amide bonds. The van der Waals surface area contributed by atoms with E-state index in [2.05, 4.69) is 32.8 Å². The molecule has 2 aromatic rings. The molecule has 2 aromatic heterocycles. The van der Waals surface area contributed by atoms with Gasteiger partial charge in [-0.25, -0.2) is 0 Å². The Labute approximate surface area is 128 Å². The first-order valence-electron chi connectivity index (χ1n) is 5.64. The summed E-state index contributed by atoms with van der Waals surface area (Å²) in [5, 5.41) is 18.8. The van der Waals surface area contributed by atoms with Crippen molar-refractivity contribution in [1.29, 1.82) is 0 Å². The Morgan fingerprint density at radius 2 is 2.26 bits per heavy atom. The van der Waals surface area contributed by atoms with Gasteiger partial charge in [0.15, 0.2) is 0 Å². The van der Waals surface area contributed by atoms with Gasteiger partial charge in [0.05, 0.1) is 14.9 Å². The predicted molar refractivity (Wildman–Crippen MR) is 80.1 cm³/mol. The van der Waals surface area contributed by atoms with Crippen molar-refractivity contribution in [2.24, 2.45) is 5.41 Å². The monoisotopic (exact) mass is 392 g/mol. The lowest BCUT2D eigenvalue weighted by Gasteiger charge is -2.19. The number of thiophene rings is 1. The van der Waals surface area contributed by atoms with Crippen LogP contribution in [0.4, 0.5) is 0 Å². The smallest absolute Gasteiger partial charge is 0.303 e. The number of carboxylic acid groups (broad SMARTS) is 1. The summed E-state index contributed by atoms with van der Waals surface area (Å²) >= 11 is 3.84. The predicted octanol–water partition coefficient (Wildman–Crippen LogP) is 3.45. The Bertz CT molecular complexity index is 591. The molecule has 102 valence electrons. The molecule has 0 unspecified atom stereocenters. The maximum Gasteiger partial charge on any atom is 0.303 e. The summed E-state index contributed by atoms with van der Waals surface area (Å²) < 4.78 is 6.74. The van der Waals surface area contributed by atoms with Gasteiger partial charge in [-0.3, -0.25) is 4.79 Å². The number of halogens is 1. The zero-order valence-electron chi connectivity index (χ0n) is 10.5. The highest BCUT2D eigenvalue weighted by Gasteiger charge is 2.25. The highest BCUT2D eigenvalue weighted by Crippen LogP contribution is 2.29. The second kappa shape index (κ2) is 5.58. The van der Waals surface area contributed by atoms with Gasteiger partial charge in [-0.05, 0) is 34.1 Å². The van der Waals surface area contributed by atoms with Crippen molar-refractivity contribution in [2.45, 2.75) is 26.7 Å². The van der Waals surface area contributed by atoms with Crippen LogP contribution in [-0.2, 0) is 11.2 Å². The molecule has 5 nitrogen and oxygen atoms in total. The zero-order chi connectivity index (χ0) is 14.0. The van der Waals surface area contributed by atoms with Crippen molar-refractivity contribution in [3.63, 3.8) is 0 Å². The van der Waals surface area contributed by atoms with Gasteiger partial charge in [-0.2, -0.15) is 0 Å². The first-order chi connectivity index (χ1) is 8.85. The van der Waals surface area contributed by atoms with Crippen LogP contribution in [0.3, 0.4) is 0 Å². The van der Waals surface area contributed by atoms with Crippen molar-refractivity contribution < 1.29 is 14.3 Å². The van der Waals surface area contributed by atoms with Gasteiger partial charge in [0.25, 0.3) is 0 Å². The maximum atomic E-state index is 10.8. The van der Waals surface area contributed by atoms with Gasteiger partial charge in [0, 0.05) is 11.8 Å². The third kappa shape index (κ3) is 4.00. The van der Waals surface area contributed by atoms with Crippen LogP contribution in [0.5, 0.6) is 0 Å². The lowest BCUT2D eigenvalue weighted by molar-refractivity contribution is -0.139. The summed E-state index contributed by atoms with van der Waals surface area (Å²) in [5.41, 5.74) is 0.503. The quantitative estimate of drug-likeness (QED) is 0.789. The lowest BCUT2D eigenvalue weighted by Crippen LogP contribution is -2.19. The summed E-state index contributed by atoms with van der Waals surface area (Å²) in [7, 11) is 0. The van der Waals surface area contributed by atoms with E-state index in [1.165, 1.54) is 0 Å². The Balaban J connectivity index is 2.11. The molecule has 7 heteroatoms. The van der Waals surface area contributed by atoms with Crippen LogP contribution in [0.1, 0.15) is 26.2 Å². The third-order valence-electron chi connectivity index (χ3n) is 2.54. The molecule has 0 aliphatic rings. The summed E-state index contributed by atoms with van der Waals surface area (Å²) in [5.74, 6) is 0.139. The van der Waals surface area contributed by atoms with E-state index >= 15 is 0 Å². The molecule has 0 aliphatic carbocycles. The van der Waals surface area contributed by atoms with Crippen molar-refractivity contribution in [1.82, 2.24) is 10.2 Å². The fraction of sp³-hybridized carbons (Fsp3) is 0.417. The number of hydrogen-bond donors (Lipinski definition) is 1. The number of carboxylic acids is 1. The minimum atomic E-state index is -0.822. The zero-order valence-corrected chi connectivity index (χ0v) is 13.5. The molecule has 0 atom stereocenters. The maximum absolute atomic E-state index is 10.8. The number of carbonyl (C=O) groups is 1. The second-order valence-electron chi connectivity index (χ2n) is 5.05. The largest absolute Gasteiger partial charge is 0.481 e. The van der Waals surface area contributed by atoms with Crippen molar-refractivity contribution in [2.75, 3.05) is 0 Å². The number of aromatic nitrogens is 2. The van der Waals surface area contributed by atoms with Gasteiger partial charge in [0.1, 0.15) is 0 Å². The highest BCUT2D eigenvalue weighted by atomic mass is 127. The van der Waals surface area contributed by atoms with E-state index in [0.717, 1.165) is 8.45 Å². The first kappa shape index (κ1) is 14.4. The van der Waals surface area contributed by atoms with E-state index in [-0.39, 0.29) is 6.42 Å². The van der Waals surface area contributed by atoms with E-state index in [4.69, 9.17) is 9.52 Å². The fourth-order valence-electron chi connectivity index (χ4n) is 1.75. The Hall–Kier alpha value is -0.960. The minimum absolute atomic E-state index is 0.0705. The number of rotatable bonds is 5. The lowest BCUT2D eigenvalue weighted by atomic mass is 9.86. The topological polar surface area (TPSA) is 76.2 Å². The molecule has 0 aromatic carbocycles. The van der Waals surface area contributed by atoms with E-state index in [1.807, 2.05) is 25.3 Å². The summed E-state index contributed by atoms with van der Waals surface area (Å²) in [6.07, 6.45) is 0.522. The van der Waals surface area contributed by atoms with Crippen LogP contribution in [0.25, 0.3) is 11.5 Å². The average Bonchev–Trinajstić information content (AvgIpc) is 2.84. The number of nitrogens with zero attached hydrogens (tertiary/aromatic N) is 2. The second-order valence-corrected chi connectivity index (χ2v) is 7.86. The van der Waals surface area contributed by atoms with E-state index in [0.29, 0.717) is 18.2 Å². The molecule has 0 saturated heterocycles. The Kier molecular flexibility index (Phi) is 4.24. The molecule has 0 bridgehead atoms. The molecule has 0 fully saturated rings. The normalized spacial score (nSPS) is 11.7. The van der Waals surface area contributed by atoms with E-state index < -0.39 is 11.4 Å². The van der Waals surface area contributed by atoms with Gasteiger partial charge in [-0.1, -0.05) is 13.8 Å². The average molecular weight is 392 g/mol. The summed E-state index contributed by atoms with van der Waals surface area (Å²) in [4.78, 5) is 10.8. The van der Waals surface area contributed by atoms with Gasteiger partial charge >= 0.3 is 5.97 Å². The summed E-state index contributed by atoms with van der Waals surface area (Å²) in [6, 6.07) is 1.98. The standard InChI is InChI=1S/C12H13IN2O3S/c1-12(2,5-10(16)17)4-9-14-15-11(18-9)7-3-8(13)19-6-7/h3,6H,4-5H2,1-2H3,(H,16,17). The van der Waals surface area contributed by atoms with E-state index in [9.17, 15) is 4.79 Å². The molecule has 0 radical (unpaired) electrons. The molecule has 0 aliphatic heterocycles.